The molecule has 14 N–H and O–H groups in total. The molecule has 0 aromatic carbocycles. The summed E-state index contributed by atoms with van der Waals surface area (Å²) in [4.78, 5) is 49.3. The van der Waals surface area contributed by atoms with E-state index in [1.807, 2.05) is 0 Å². The second-order valence-corrected chi connectivity index (χ2v) is 17.3. The summed E-state index contributed by atoms with van der Waals surface area (Å²) in [6.07, 6.45) is -29.9. The number of methoxy groups -OCH3 is 1. The van der Waals surface area contributed by atoms with Gasteiger partial charge < -0.3 is 115 Å². The molecule has 2 amide bonds. The molecule has 394 valence electrons. The zero-order valence-corrected chi connectivity index (χ0v) is 38.2. The number of aliphatic hydroxyl groups excluding tert-OH is 11. The summed E-state index contributed by atoms with van der Waals surface area (Å²) >= 11 is 0. The Hall–Kier alpha value is -2.88. The summed E-state index contributed by atoms with van der Waals surface area (Å²) in [5.74, 6) is -6.90. The average Bonchev–Trinajstić information content (AvgIpc) is 3.30. The Morgan fingerprint density at radius 3 is 1.85 bits per heavy atom. The lowest BCUT2D eigenvalue weighted by Crippen LogP contribution is -2.71. The van der Waals surface area contributed by atoms with Crippen LogP contribution in [0.5, 0.6) is 0 Å². The van der Waals surface area contributed by atoms with Crippen LogP contribution in [0.25, 0.3) is 0 Å². The summed E-state index contributed by atoms with van der Waals surface area (Å²) < 4.78 is 52.1. The van der Waals surface area contributed by atoms with Crippen LogP contribution in [0.3, 0.4) is 0 Å². The van der Waals surface area contributed by atoms with Gasteiger partial charge in [-0.15, -0.1) is 0 Å². The molecule has 4 fully saturated rings. The average molecular weight is 991 g/mol. The molecule has 0 aliphatic carbocycles. The first-order valence-electron chi connectivity index (χ1n) is 22.5. The Morgan fingerprint density at radius 1 is 0.691 bits per heavy atom. The first-order chi connectivity index (χ1) is 32.1. The summed E-state index contributed by atoms with van der Waals surface area (Å²) in [6, 6.07) is -3.04. The van der Waals surface area contributed by atoms with E-state index in [9.17, 15) is 80.5 Å². The third-order valence-corrected chi connectivity index (χ3v) is 12.2. The number of carbonyl (C=O) groups is 4. The lowest BCUT2D eigenvalue weighted by atomic mass is 9.88. The molecule has 4 rings (SSSR count). The van der Waals surface area contributed by atoms with Crippen LogP contribution >= 0.6 is 0 Å². The van der Waals surface area contributed by atoms with Crippen molar-refractivity contribution in [1.82, 2.24) is 10.6 Å². The first kappa shape index (κ1) is 57.7. The monoisotopic (exact) mass is 990 g/mol. The van der Waals surface area contributed by atoms with Gasteiger partial charge in [-0.05, 0) is 19.8 Å². The number of aliphatic carboxylic acids is 1. The van der Waals surface area contributed by atoms with Gasteiger partial charge in [-0.3, -0.25) is 14.4 Å². The second kappa shape index (κ2) is 26.5. The summed E-state index contributed by atoms with van der Waals surface area (Å²) in [7, 11) is 1.32. The van der Waals surface area contributed by atoms with Gasteiger partial charge in [0, 0.05) is 33.3 Å². The van der Waals surface area contributed by atoms with Crippen LogP contribution in [-0.4, -0.2) is 247 Å². The molecule has 0 bridgehead atoms. The lowest BCUT2D eigenvalue weighted by Gasteiger charge is -2.51. The number of nitrogens with one attached hydrogen (secondary N) is 2. The quantitative estimate of drug-likeness (QED) is 0.0316. The minimum Gasteiger partial charge on any atom is -0.477 e. The number of aliphatic hydroxyl groups is 11. The zero-order chi connectivity index (χ0) is 50.6. The number of unbranched alkanes of at least 4 members (excludes halogenated alkanes) is 5. The molecule has 27 heteroatoms. The van der Waals surface area contributed by atoms with E-state index in [1.54, 1.807) is 0 Å². The van der Waals surface area contributed by atoms with Gasteiger partial charge in [0.15, 0.2) is 18.9 Å². The summed E-state index contributed by atoms with van der Waals surface area (Å²) in [6.45, 7) is 0.519. The molecule has 0 aromatic heterocycles. The van der Waals surface area contributed by atoms with Crippen LogP contribution in [-0.2, 0) is 61.8 Å². The van der Waals surface area contributed by atoms with E-state index in [4.69, 9.17) is 37.9 Å². The fraction of sp³-hybridized carbons (Fsp3) is 0.902. The van der Waals surface area contributed by atoms with E-state index >= 15 is 0 Å². The Balaban J connectivity index is 1.66. The molecule has 21 atom stereocenters. The smallest absolute Gasteiger partial charge is 0.364 e. The number of amides is 2. The maximum atomic E-state index is 13.0. The number of hydrogen-bond donors (Lipinski definition) is 14. The van der Waals surface area contributed by atoms with Gasteiger partial charge >= 0.3 is 11.9 Å². The van der Waals surface area contributed by atoms with Crippen molar-refractivity contribution in [1.29, 1.82) is 0 Å². The summed E-state index contributed by atoms with van der Waals surface area (Å²) in [5, 5.41) is 134. The molecule has 4 saturated heterocycles. The van der Waals surface area contributed by atoms with E-state index in [0.29, 0.717) is 25.7 Å². The first-order valence-corrected chi connectivity index (χ1v) is 22.5. The molecular weight excluding hydrogens is 920 g/mol. The number of carboxylic acid groups (broad SMARTS) is 1. The zero-order valence-electron chi connectivity index (χ0n) is 38.2. The lowest BCUT2D eigenvalue weighted by molar-refractivity contribution is -0.391. The predicted molar refractivity (Wildman–Crippen MR) is 221 cm³/mol. The van der Waals surface area contributed by atoms with E-state index in [2.05, 4.69) is 15.4 Å². The number of carbonyl (C=O) groups excluding carboxylic acids is 3. The highest BCUT2D eigenvalue weighted by molar-refractivity contribution is 5.77. The van der Waals surface area contributed by atoms with E-state index in [-0.39, 0.29) is 12.6 Å². The molecule has 4 aliphatic heterocycles. The van der Waals surface area contributed by atoms with Crippen LogP contribution in [0.2, 0.25) is 0 Å². The van der Waals surface area contributed by atoms with Crippen LogP contribution in [0.1, 0.15) is 72.1 Å². The normalized spacial score (nSPS) is 39.6. The van der Waals surface area contributed by atoms with Gasteiger partial charge in [0.2, 0.25) is 11.8 Å². The van der Waals surface area contributed by atoms with Crippen molar-refractivity contribution >= 4 is 23.8 Å². The standard InChI is InChI=1S/C41H70N2O25/c1-17-27(52)30(55)31(56)38(62-17)66-35-26(43-19(3)48)37(61-12-10-8-6-5-7-9-11-24(51)60-4)64-23(16-46)33(35)65-39-32(57)36(29(54)22(15-45)63-39)68-41(40(58)59)13-20(49)25(42-18(2)47)34(67-41)28(53)21(50)14-44/h17,20-23,25-39,44-46,49-50,52-57H,5-16H2,1-4H3,(H,42,47)(H,43,48)(H,58,59)/t17-,20-,21+,22+,23+,25+,26+,27+,28+,29-,30+,31-,32+,33+,34+,35+,36-,37+,38-,39-,41-/m0/s1. The second-order valence-electron chi connectivity index (χ2n) is 17.3. The largest absolute Gasteiger partial charge is 0.477 e. The van der Waals surface area contributed by atoms with Crippen molar-refractivity contribution in [2.75, 3.05) is 33.5 Å². The molecule has 4 heterocycles. The van der Waals surface area contributed by atoms with Crippen molar-refractivity contribution in [3.8, 4) is 0 Å². The van der Waals surface area contributed by atoms with Crippen molar-refractivity contribution < 1.29 is 123 Å². The Labute approximate surface area is 391 Å². The molecule has 0 radical (unpaired) electrons. The number of ether oxygens (including phenoxy) is 9. The SMILES string of the molecule is COC(=O)CCCCCCCCO[C@@H]1O[C@H](CO)[C@@H](O[C@@H]2O[C@H](CO)[C@H](O)[C@H](O[C@]3(C(=O)O)C[C@H](O)[C@@H](NC(C)=O)[C@H]([C@H](O)[C@H](O)CO)O3)[C@H]2O)[C@H](O[C@@H]2O[C@@H](C)[C@@H](O)[C@@H](O)[C@@H]2O)[C@H]1NC(C)=O. The Bertz CT molecular complexity index is 1600. The molecule has 0 aromatic rings. The number of carboxylic acids is 1. The highest BCUT2D eigenvalue weighted by Crippen LogP contribution is 2.39. The van der Waals surface area contributed by atoms with Crippen molar-refractivity contribution in [3.05, 3.63) is 0 Å². The van der Waals surface area contributed by atoms with Gasteiger partial charge in [-0.25, -0.2) is 4.79 Å². The van der Waals surface area contributed by atoms with Crippen molar-refractivity contribution in [2.24, 2.45) is 0 Å². The molecular formula is C41H70N2O25. The van der Waals surface area contributed by atoms with E-state index in [1.165, 1.54) is 14.0 Å². The molecule has 68 heavy (non-hydrogen) atoms. The highest BCUT2D eigenvalue weighted by atomic mass is 16.8. The van der Waals surface area contributed by atoms with Gasteiger partial charge in [0.05, 0.1) is 45.2 Å². The van der Waals surface area contributed by atoms with Crippen LogP contribution < -0.4 is 10.6 Å². The van der Waals surface area contributed by atoms with Crippen LogP contribution in [0, 0.1) is 0 Å². The minimum absolute atomic E-state index is 0.0356. The molecule has 0 unspecified atom stereocenters. The van der Waals surface area contributed by atoms with Crippen LogP contribution in [0.4, 0.5) is 0 Å². The third kappa shape index (κ3) is 14.4. The fourth-order valence-corrected chi connectivity index (χ4v) is 8.50. The molecule has 27 nitrogen and oxygen atoms in total. The van der Waals surface area contributed by atoms with Crippen LogP contribution in [0.15, 0.2) is 0 Å². The minimum atomic E-state index is -3.13. The summed E-state index contributed by atoms with van der Waals surface area (Å²) in [5.41, 5.74) is 0. The molecule has 0 spiro atoms. The number of rotatable bonds is 24. The Kier molecular flexibility index (Phi) is 22.5. The van der Waals surface area contributed by atoms with E-state index < -0.39 is 172 Å². The van der Waals surface area contributed by atoms with Gasteiger partial charge in [0.1, 0.15) is 85.4 Å². The van der Waals surface area contributed by atoms with Gasteiger partial charge in [0.25, 0.3) is 5.79 Å². The van der Waals surface area contributed by atoms with Crippen molar-refractivity contribution in [3.63, 3.8) is 0 Å². The highest BCUT2D eigenvalue weighted by Gasteiger charge is 2.61. The predicted octanol–water partition coefficient (Wildman–Crippen LogP) is -6.30. The maximum Gasteiger partial charge on any atom is 0.364 e. The maximum absolute atomic E-state index is 13.0. The third-order valence-electron chi connectivity index (χ3n) is 12.2. The van der Waals surface area contributed by atoms with Gasteiger partial charge in [-0.1, -0.05) is 25.7 Å². The Morgan fingerprint density at radius 2 is 1.26 bits per heavy atom. The van der Waals surface area contributed by atoms with Crippen molar-refractivity contribution in [2.45, 2.75) is 200 Å². The molecule has 0 saturated carbocycles. The van der Waals surface area contributed by atoms with Gasteiger partial charge in [-0.2, -0.15) is 0 Å². The number of esters is 1. The van der Waals surface area contributed by atoms with E-state index in [0.717, 1.165) is 33.1 Å². The fourth-order valence-electron chi connectivity index (χ4n) is 8.50. The topological polar surface area (TPSA) is 418 Å². The number of hydrogen-bond acceptors (Lipinski definition) is 24. The molecule has 4 aliphatic rings.